The molecular weight excluding hydrogens is 212 g/mol. The fourth-order valence-electron chi connectivity index (χ4n) is 1.45. The zero-order valence-corrected chi connectivity index (χ0v) is 11.7. The molecule has 14 heavy (non-hydrogen) atoms. The van der Waals surface area contributed by atoms with Crippen molar-refractivity contribution < 1.29 is 4.43 Å². The lowest BCUT2D eigenvalue weighted by Gasteiger charge is -2.19. The van der Waals surface area contributed by atoms with E-state index in [2.05, 4.69) is 13.1 Å². The van der Waals surface area contributed by atoms with E-state index in [0.29, 0.717) is 0 Å². The van der Waals surface area contributed by atoms with Crippen LogP contribution in [0.5, 0.6) is 0 Å². The summed E-state index contributed by atoms with van der Waals surface area (Å²) in [6, 6.07) is 1.30. The quantitative estimate of drug-likeness (QED) is 0.327. The topological polar surface area (TPSA) is 9.23 Å². The molecule has 0 rings (SSSR count). The average Bonchev–Trinajstić information content (AvgIpc) is 2.16. The summed E-state index contributed by atoms with van der Waals surface area (Å²) >= 11 is 5.61. The number of halogens is 1. The maximum atomic E-state index is 5.61. The molecule has 86 valence electrons. The average molecular weight is 237 g/mol. The summed E-state index contributed by atoms with van der Waals surface area (Å²) in [4.78, 5) is 0. The predicted molar refractivity (Wildman–Crippen MR) is 67.7 cm³/mol. The van der Waals surface area contributed by atoms with Crippen molar-refractivity contribution in [1.29, 1.82) is 0 Å². The monoisotopic (exact) mass is 236 g/mol. The minimum Gasteiger partial charge on any atom is -0.420 e. The first-order chi connectivity index (χ1) is 6.62. The zero-order chi connectivity index (χ0) is 10.9. The summed E-state index contributed by atoms with van der Waals surface area (Å²) in [5.41, 5.74) is 0. The molecule has 0 saturated heterocycles. The minimum absolute atomic E-state index is 0.823. The van der Waals surface area contributed by atoms with Crippen LogP contribution in [-0.4, -0.2) is 21.3 Å². The minimum atomic E-state index is -1.27. The molecule has 0 bridgehead atoms. The lowest BCUT2D eigenvalue weighted by molar-refractivity contribution is 0.401. The smallest absolute Gasteiger partial charge is 0.186 e. The van der Waals surface area contributed by atoms with E-state index < -0.39 is 8.32 Å². The van der Waals surface area contributed by atoms with Crippen LogP contribution >= 0.6 is 11.6 Å². The first kappa shape index (κ1) is 14.5. The normalized spacial score (nSPS) is 12.0. The van der Waals surface area contributed by atoms with Crippen LogP contribution in [0, 0.1) is 0 Å². The Morgan fingerprint density at radius 1 is 0.929 bits per heavy atom. The van der Waals surface area contributed by atoms with Crippen molar-refractivity contribution in [3.05, 3.63) is 0 Å². The van der Waals surface area contributed by atoms with E-state index in [-0.39, 0.29) is 0 Å². The number of hydrogen-bond donors (Lipinski definition) is 0. The van der Waals surface area contributed by atoms with Crippen molar-refractivity contribution in [3.8, 4) is 0 Å². The Labute approximate surface area is 95.3 Å². The molecule has 0 unspecified atom stereocenters. The number of alkyl halides is 1. The molecule has 0 heterocycles. The second-order valence-corrected chi connectivity index (χ2v) is 9.33. The molecule has 0 amide bonds. The third kappa shape index (κ3) is 9.04. The van der Waals surface area contributed by atoms with Crippen LogP contribution in [0.2, 0.25) is 19.1 Å². The van der Waals surface area contributed by atoms with Crippen molar-refractivity contribution in [3.63, 3.8) is 0 Å². The maximum Gasteiger partial charge on any atom is 0.186 e. The molecule has 0 fully saturated rings. The second-order valence-electron chi connectivity index (χ2n) is 4.52. The molecule has 0 atom stereocenters. The third-order valence-electron chi connectivity index (χ3n) is 2.72. The van der Waals surface area contributed by atoms with Gasteiger partial charge in [0.05, 0.1) is 0 Å². The van der Waals surface area contributed by atoms with Gasteiger partial charge >= 0.3 is 0 Å². The van der Waals surface area contributed by atoms with Gasteiger partial charge < -0.3 is 4.43 Å². The molecular formula is C11H25ClOSi. The van der Waals surface area contributed by atoms with Gasteiger partial charge in [0, 0.05) is 13.0 Å². The summed E-state index contributed by atoms with van der Waals surface area (Å²) < 4.78 is 5.50. The highest BCUT2D eigenvalue weighted by atomic mass is 35.5. The standard InChI is InChI=1S/C11H25ClOSi/c1-13-14(2,3)11-9-7-5-4-6-8-10-12/h4-11H2,1-3H3. The largest absolute Gasteiger partial charge is 0.420 e. The molecule has 0 radical (unpaired) electrons. The van der Waals surface area contributed by atoms with Gasteiger partial charge in [0.25, 0.3) is 0 Å². The predicted octanol–water partition coefficient (Wildman–Crippen LogP) is 4.42. The van der Waals surface area contributed by atoms with Gasteiger partial charge in [-0.05, 0) is 25.6 Å². The van der Waals surface area contributed by atoms with E-state index in [0.717, 1.165) is 5.88 Å². The fraction of sp³-hybridized carbons (Fsp3) is 1.00. The molecule has 0 aromatic rings. The van der Waals surface area contributed by atoms with Crippen LogP contribution in [0.15, 0.2) is 0 Å². The number of unbranched alkanes of at least 4 members (excludes halogenated alkanes) is 5. The van der Waals surface area contributed by atoms with E-state index >= 15 is 0 Å². The van der Waals surface area contributed by atoms with Crippen molar-refractivity contribution in [2.45, 2.75) is 57.7 Å². The summed E-state index contributed by atoms with van der Waals surface area (Å²) in [6.07, 6.45) is 7.90. The summed E-state index contributed by atoms with van der Waals surface area (Å²) in [5, 5.41) is 0. The molecule has 1 nitrogen and oxygen atoms in total. The first-order valence-corrected chi connectivity index (χ1v) is 9.38. The lowest BCUT2D eigenvalue weighted by atomic mass is 10.1. The van der Waals surface area contributed by atoms with Gasteiger partial charge in [0.1, 0.15) is 0 Å². The Bertz CT molecular complexity index is 128. The number of hydrogen-bond acceptors (Lipinski definition) is 1. The van der Waals surface area contributed by atoms with Crippen LogP contribution in [0.4, 0.5) is 0 Å². The molecule has 0 aliphatic heterocycles. The highest BCUT2D eigenvalue weighted by molar-refractivity contribution is 6.71. The molecule has 0 aliphatic carbocycles. The van der Waals surface area contributed by atoms with E-state index in [1.807, 2.05) is 7.11 Å². The Morgan fingerprint density at radius 3 is 1.93 bits per heavy atom. The van der Waals surface area contributed by atoms with Gasteiger partial charge in [-0.1, -0.05) is 32.1 Å². The Morgan fingerprint density at radius 2 is 1.43 bits per heavy atom. The molecule has 0 aromatic heterocycles. The summed E-state index contributed by atoms with van der Waals surface area (Å²) in [6.45, 7) is 4.58. The number of rotatable bonds is 9. The highest BCUT2D eigenvalue weighted by Crippen LogP contribution is 2.16. The highest BCUT2D eigenvalue weighted by Gasteiger charge is 2.18. The SMILES string of the molecule is CO[Si](C)(C)CCCCCCCCCl. The lowest BCUT2D eigenvalue weighted by Crippen LogP contribution is -2.27. The van der Waals surface area contributed by atoms with Crippen LogP contribution in [0.3, 0.4) is 0 Å². The second kappa shape index (κ2) is 8.75. The van der Waals surface area contributed by atoms with Crippen LogP contribution in [0.25, 0.3) is 0 Å². The summed E-state index contributed by atoms with van der Waals surface area (Å²) in [5.74, 6) is 0.823. The van der Waals surface area contributed by atoms with E-state index in [1.165, 1.54) is 44.6 Å². The molecule has 0 spiro atoms. The molecule has 0 aromatic carbocycles. The first-order valence-electron chi connectivity index (χ1n) is 5.73. The Kier molecular flexibility index (Phi) is 9.04. The maximum absolute atomic E-state index is 5.61. The zero-order valence-electron chi connectivity index (χ0n) is 9.94. The molecule has 3 heteroatoms. The van der Waals surface area contributed by atoms with Crippen LogP contribution in [-0.2, 0) is 4.43 Å². The van der Waals surface area contributed by atoms with E-state index in [1.54, 1.807) is 0 Å². The van der Waals surface area contributed by atoms with Gasteiger partial charge in [0.15, 0.2) is 8.32 Å². The van der Waals surface area contributed by atoms with Crippen LogP contribution < -0.4 is 0 Å². The van der Waals surface area contributed by atoms with Crippen LogP contribution in [0.1, 0.15) is 38.5 Å². The Hall–Kier alpha value is 0.467. The Balaban J connectivity index is 3.13. The fourth-order valence-corrected chi connectivity index (χ4v) is 2.95. The van der Waals surface area contributed by atoms with Crippen molar-refractivity contribution >= 4 is 19.9 Å². The van der Waals surface area contributed by atoms with E-state index in [4.69, 9.17) is 16.0 Å². The van der Waals surface area contributed by atoms with Gasteiger partial charge in [-0.25, -0.2) is 0 Å². The van der Waals surface area contributed by atoms with Gasteiger partial charge in [-0.2, -0.15) is 0 Å². The summed E-state index contributed by atoms with van der Waals surface area (Å²) in [7, 11) is 0.580. The molecule has 0 saturated carbocycles. The molecule has 0 aliphatic rings. The van der Waals surface area contributed by atoms with Crippen molar-refractivity contribution in [2.24, 2.45) is 0 Å². The van der Waals surface area contributed by atoms with Gasteiger partial charge in [-0.15, -0.1) is 11.6 Å². The van der Waals surface area contributed by atoms with Gasteiger partial charge in [0.2, 0.25) is 0 Å². The van der Waals surface area contributed by atoms with Crippen molar-refractivity contribution in [2.75, 3.05) is 13.0 Å². The third-order valence-corrected chi connectivity index (χ3v) is 5.65. The van der Waals surface area contributed by atoms with Crippen molar-refractivity contribution in [1.82, 2.24) is 0 Å². The van der Waals surface area contributed by atoms with E-state index in [9.17, 15) is 0 Å². The molecule has 0 N–H and O–H groups in total. The van der Waals surface area contributed by atoms with Gasteiger partial charge in [-0.3, -0.25) is 0 Å².